The SMILES string of the molecule is COC(=O)c1ccccc1-c1ccc(CNC(=O)C2(NC(=O)CC(F)(F)F)CC2CO)cc1. The first-order valence-electron chi connectivity index (χ1n) is 10.1. The molecule has 0 heterocycles. The highest BCUT2D eigenvalue weighted by molar-refractivity contribution is 5.97. The summed E-state index contributed by atoms with van der Waals surface area (Å²) >= 11 is 0. The topological polar surface area (TPSA) is 105 Å². The van der Waals surface area contributed by atoms with E-state index in [1.807, 2.05) is 0 Å². The van der Waals surface area contributed by atoms with Gasteiger partial charge in [0.25, 0.3) is 0 Å². The van der Waals surface area contributed by atoms with Gasteiger partial charge >= 0.3 is 12.1 Å². The number of ether oxygens (including phenoxy) is 1. The number of esters is 1. The number of hydrogen-bond acceptors (Lipinski definition) is 5. The minimum Gasteiger partial charge on any atom is -0.465 e. The van der Waals surface area contributed by atoms with Crippen LogP contribution in [0.5, 0.6) is 0 Å². The molecule has 0 aliphatic heterocycles. The predicted molar refractivity (Wildman–Crippen MR) is 112 cm³/mol. The molecule has 0 bridgehead atoms. The summed E-state index contributed by atoms with van der Waals surface area (Å²) < 4.78 is 42.2. The number of alkyl halides is 3. The van der Waals surface area contributed by atoms with Crippen LogP contribution in [0.1, 0.15) is 28.8 Å². The molecule has 2 aromatic rings. The van der Waals surface area contributed by atoms with Crippen LogP contribution in [0.3, 0.4) is 0 Å². The third-order valence-corrected chi connectivity index (χ3v) is 5.50. The summed E-state index contributed by atoms with van der Waals surface area (Å²) in [5.41, 5.74) is 0.984. The van der Waals surface area contributed by atoms with Crippen molar-refractivity contribution in [3.8, 4) is 11.1 Å². The maximum Gasteiger partial charge on any atom is 0.397 e. The Morgan fingerprint density at radius 3 is 2.36 bits per heavy atom. The van der Waals surface area contributed by atoms with E-state index in [1.165, 1.54) is 7.11 Å². The summed E-state index contributed by atoms with van der Waals surface area (Å²) in [5, 5.41) is 14.1. The van der Waals surface area contributed by atoms with Gasteiger partial charge in [-0.15, -0.1) is 0 Å². The average molecular weight is 464 g/mol. The number of nitrogens with one attached hydrogen (secondary N) is 2. The molecule has 0 spiro atoms. The van der Waals surface area contributed by atoms with E-state index in [0.717, 1.165) is 5.56 Å². The van der Waals surface area contributed by atoms with Gasteiger partial charge in [-0.25, -0.2) is 4.79 Å². The molecule has 2 unspecified atom stereocenters. The van der Waals surface area contributed by atoms with Crippen molar-refractivity contribution in [1.82, 2.24) is 10.6 Å². The van der Waals surface area contributed by atoms with Crippen molar-refractivity contribution in [3.63, 3.8) is 0 Å². The smallest absolute Gasteiger partial charge is 0.397 e. The van der Waals surface area contributed by atoms with Gasteiger partial charge in [0.15, 0.2) is 0 Å². The summed E-state index contributed by atoms with van der Waals surface area (Å²) in [6.45, 7) is -0.374. The molecule has 1 saturated carbocycles. The molecule has 2 amide bonds. The lowest BCUT2D eigenvalue weighted by molar-refractivity contribution is -0.155. The lowest BCUT2D eigenvalue weighted by Gasteiger charge is -2.19. The Labute approximate surface area is 187 Å². The van der Waals surface area contributed by atoms with Crippen molar-refractivity contribution in [3.05, 3.63) is 59.7 Å². The van der Waals surface area contributed by atoms with Crippen LogP contribution >= 0.6 is 0 Å². The number of methoxy groups -OCH3 is 1. The molecular weight excluding hydrogens is 441 g/mol. The summed E-state index contributed by atoms with van der Waals surface area (Å²) in [4.78, 5) is 36.3. The molecular formula is C23H23F3N2O5. The second kappa shape index (κ2) is 9.62. The third-order valence-electron chi connectivity index (χ3n) is 5.50. The van der Waals surface area contributed by atoms with E-state index in [4.69, 9.17) is 4.74 Å². The number of carbonyl (C=O) groups is 3. The minimum atomic E-state index is -4.69. The molecule has 10 heteroatoms. The van der Waals surface area contributed by atoms with Gasteiger partial charge in [-0.2, -0.15) is 13.2 Å². The summed E-state index contributed by atoms with van der Waals surface area (Å²) in [6.07, 6.45) is -6.34. The maximum absolute atomic E-state index is 12.6. The van der Waals surface area contributed by atoms with Crippen LogP contribution in [0.15, 0.2) is 48.5 Å². The molecule has 176 valence electrons. The molecule has 0 radical (unpaired) electrons. The van der Waals surface area contributed by atoms with Crippen LogP contribution in [-0.4, -0.2) is 48.3 Å². The molecule has 7 nitrogen and oxygen atoms in total. The summed E-state index contributed by atoms with van der Waals surface area (Å²) in [5.74, 6) is -3.09. The molecule has 1 aliphatic carbocycles. The van der Waals surface area contributed by atoms with Crippen molar-refractivity contribution in [2.45, 2.75) is 31.1 Å². The highest BCUT2D eigenvalue weighted by atomic mass is 19.4. The molecule has 1 fully saturated rings. The van der Waals surface area contributed by atoms with Crippen LogP contribution in [0.2, 0.25) is 0 Å². The lowest BCUT2D eigenvalue weighted by atomic mass is 9.98. The van der Waals surface area contributed by atoms with Gasteiger partial charge in [0.1, 0.15) is 12.0 Å². The zero-order valence-corrected chi connectivity index (χ0v) is 17.7. The van der Waals surface area contributed by atoms with Gasteiger partial charge < -0.3 is 20.5 Å². The van der Waals surface area contributed by atoms with E-state index in [1.54, 1.807) is 48.5 Å². The van der Waals surface area contributed by atoms with E-state index >= 15 is 0 Å². The standard InChI is InChI=1S/C23H23F3N2O5/c1-33-20(31)18-5-3-2-4-17(18)15-8-6-14(7-9-15)12-27-21(32)22(10-16(22)13-29)28-19(30)11-23(24,25)26/h2-9,16,29H,10-13H2,1H3,(H,27,32)(H,28,30). The summed E-state index contributed by atoms with van der Waals surface area (Å²) in [7, 11) is 1.30. The Bertz CT molecular complexity index is 1040. The molecule has 0 saturated heterocycles. The maximum atomic E-state index is 12.6. The van der Waals surface area contributed by atoms with Crippen LogP contribution in [0.25, 0.3) is 11.1 Å². The molecule has 2 atom stereocenters. The second-order valence-electron chi connectivity index (χ2n) is 7.81. The average Bonchev–Trinajstić information content (AvgIpc) is 3.49. The van der Waals surface area contributed by atoms with Crippen LogP contribution in [-0.2, 0) is 20.9 Å². The highest BCUT2D eigenvalue weighted by Crippen LogP contribution is 2.43. The number of carbonyl (C=O) groups excluding carboxylic acids is 3. The second-order valence-corrected chi connectivity index (χ2v) is 7.81. The van der Waals surface area contributed by atoms with E-state index in [2.05, 4.69) is 10.6 Å². The first-order chi connectivity index (χ1) is 15.6. The number of hydrogen-bond donors (Lipinski definition) is 3. The fraction of sp³-hybridized carbons (Fsp3) is 0.348. The van der Waals surface area contributed by atoms with E-state index in [-0.39, 0.29) is 13.0 Å². The molecule has 3 N–H and O–H groups in total. The lowest BCUT2D eigenvalue weighted by Crippen LogP contribution is -2.51. The normalized spacial score (nSPS) is 19.5. The monoisotopic (exact) mass is 464 g/mol. The largest absolute Gasteiger partial charge is 0.465 e. The zero-order chi connectivity index (χ0) is 24.2. The number of aliphatic hydroxyl groups is 1. The first kappa shape index (κ1) is 24.2. The zero-order valence-electron chi connectivity index (χ0n) is 17.7. The van der Waals surface area contributed by atoms with Crippen molar-refractivity contribution in [2.75, 3.05) is 13.7 Å². The van der Waals surface area contributed by atoms with Crippen LogP contribution in [0, 0.1) is 5.92 Å². The Kier molecular flexibility index (Phi) is 7.06. The van der Waals surface area contributed by atoms with Crippen molar-refractivity contribution >= 4 is 17.8 Å². The van der Waals surface area contributed by atoms with E-state index in [9.17, 15) is 32.7 Å². The van der Waals surface area contributed by atoms with Gasteiger partial charge in [0, 0.05) is 19.1 Å². The van der Waals surface area contributed by atoms with Gasteiger partial charge in [-0.3, -0.25) is 9.59 Å². The van der Waals surface area contributed by atoms with Crippen LogP contribution < -0.4 is 10.6 Å². The number of aliphatic hydroxyl groups excluding tert-OH is 1. The van der Waals surface area contributed by atoms with Gasteiger partial charge in [-0.1, -0.05) is 42.5 Å². The predicted octanol–water partition coefficient (Wildman–Crippen LogP) is 2.58. The highest BCUT2D eigenvalue weighted by Gasteiger charge is 2.61. The number of halogens is 3. The quantitative estimate of drug-likeness (QED) is 0.521. The van der Waals surface area contributed by atoms with E-state index in [0.29, 0.717) is 16.7 Å². The minimum absolute atomic E-state index is 0.0577. The van der Waals surface area contributed by atoms with Crippen molar-refractivity contribution in [1.29, 1.82) is 0 Å². The fourth-order valence-corrected chi connectivity index (χ4v) is 3.68. The molecule has 1 aliphatic rings. The van der Waals surface area contributed by atoms with Crippen LogP contribution in [0.4, 0.5) is 13.2 Å². The Morgan fingerprint density at radius 1 is 1.12 bits per heavy atom. The Morgan fingerprint density at radius 2 is 1.79 bits per heavy atom. The Hall–Kier alpha value is -3.40. The van der Waals surface area contributed by atoms with Crippen molar-refractivity contribution < 1.29 is 37.4 Å². The summed E-state index contributed by atoms with van der Waals surface area (Å²) in [6, 6.07) is 13.9. The fourth-order valence-electron chi connectivity index (χ4n) is 3.68. The molecule has 3 rings (SSSR count). The Balaban J connectivity index is 1.66. The number of benzene rings is 2. The van der Waals surface area contributed by atoms with Crippen molar-refractivity contribution in [2.24, 2.45) is 5.92 Å². The third kappa shape index (κ3) is 5.70. The molecule has 2 aromatic carbocycles. The molecule has 33 heavy (non-hydrogen) atoms. The van der Waals surface area contributed by atoms with E-state index < -0.39 is 48.4 Å². The van der Waals surface area contributed by atoms with Gasteiger partial charge in [0.2, 0.25) is 11.8 Å². The van der Waals surface area contributed by atoms with Gasteiger partial charge in [-0.05, 0) is 29.2 Å². The number of rotatable bonds is 8. The number of amides is 2. The first-order valence-corrected chi connectivity index (χ1v) is 10.1. The molecule has 0 aromatic heterocycles. The van der Waals surface area contributed by atoms with Gasteiger partial charge in [0.05, 0.1) is 12.7 Å².